The second kappa shape index (κ2) is 5.11. The maximum absolute atomic E-state index is 6.48. The fourth-order valence-electron chi connectivity index (χ4n) is 2.93. The first-order valence-electron chi connectivity index (χ1n) is 7.44. The molecule has 0 saturated heterocycles. The number of nitrogens with zero attached hydrogens (tertiary/aromatic N) is 1. The van der Waals surface area contributed by atoms with Crippen molar-refractivity contribution in [2.75, 3.05) is 0 Å². The van der Waals surface area contributed by atoms with E-state index < -0.39 is 0 Å². The summed E-state index contributed by atoms with van der Waals surface area (Å²) in [6.07, 6.45) is 1.88. The first-order valence-corrected chi connectivity index (χ1v) is 8.25. The van der Waals surface area contributed by atoms with Crippen LogP contribution in [0.2, 0.25) is 0 Å². The molecule has 2 aromatic rings. The molecule has 0 radical (unpaired) electrons. The van der Waals surface area contributed by atoms with Crippen molar-refractivity contribution in [3.8, 4) is 5.75 Å². The topological polar surface area (TPSA) is 48.1 Å². The molecule has 2 N–H and O–H groups in total. The maximum Gasteiger partial charge on any atom is 0.128 e. The van der Waals surface area contributed by atoms with Crippen molar-refractivity contribution in [3.63, 3.8) is 0 Å². The lowest BCUT2D eigenvalue weighted by molar-refractivity contribution is 0.137. The Labute approximate surface area is 130 Å². The minimum absolute atomic E-state index is 0.147. The lowest BCUT2D eigenvalue weighted by atomic mass is 9.98. The number of nitrogens with two attached hydrogens (primary N) is 1. The third-order valence-electron chi connectivity index (χ3n) is 3.97. The number of rotatable bonds is 3. The largest absolute Gasteiger partial charge is 0.487 e. The van der Waals surface area contributed by atoms with Gasteiger partial charge in [-0.25, -0.2) is 4.98 Å². The van der Waals surface area contributed by atoms with Crippen LogP contribution in [0.25, 0.3) is 0 Å². The number of fused-ring (bicyclic) bond motifs is 1. The van der Waals surface area contributed by atoms with Gasteiger partial charge in [0.25, 0.3) is 0 Å². The predicted molar refractivity (Wildman–Crippen MR) is 87.1 cm³/mol. The van der Waals surface area contributed by atoms with Crippen LogP contribution in [0.5, 0.6) is 5.75 Å². The quantitative estimate of drug-likeness (QED) is 0.938. The van der Waals surface area contributed by atoms with Crippen LogP contribution in [0, 0.1) is 6.92 Å². The molecule has 0 aliphatic carbocycles. The molecule has 1 aromatic heterocycles. The highest BCUT2D eigenvalue weighted by Crippen LogP contribution is 2.41. The van der Waals surface area contributed by atoms with Gasteiger partial charge in [-0.15, -0.1) is 11.3 Å². The zero-order valence-corrected chi connectivity index (χ0v) is 13.9. The van der Waals surface area contributed by atoms with Gasteiger partial charge in [-0.3, -0.25) is 0 Å². The van der Waals surface area contributed by atoms with Crippen molar-refractivity contribution >= 4 is 11.3 Å². The number of aromatic nitrogens is 1. The van der Waals surface area contributed by atoms with Crippen LogP contribution in [0.4, 0.5) is 0 Å². The molecule has 1 aliphatic rings. The van der Waals surface area contributed by atoms with E-state index in [0.29, 0.717) is 0 Å². The molecule has 4 heteroatoms. The van der Waals surface area contributed by atoms with Crippen molar-refractivity contribution in [2.24, 2.45) is 5.73 Å². The number of aryl methyl sites for hydroxylation is 2. The molecule has 0 spiro atoms. The van der Waals surface area contributed by atoms with Crippen molar-refractivity contribution in [2.45, 2.75) is 52.2 Å². The Kier molecular flexibility index (Phi) is 3.54. The molecular formula is C17H22N2OS. The van der Waals surface area contributed by atoms with Gasteiger partial charge in [0.2, 0.25) is 0 Å². The normalized spacial score (nSPS) is 17.4. The van der Waals surface area contributed by atoms with Crippen LogP contribution in [0.15, 0.2) is 18.2 Å². The summed E-state index contributed by atoms with van der Waals surface area (Å²) in [5, 5.41) is 0.978. The molecule has 1 aliphatic heterocycles. The van der Waals surface area contributed by atoms with E-state index in [1.165, 1.54) is 10.4 Å². The summed E-state index contributed by atoms with van der Waals surface area (Å²) in [7, 11) is 0. The fourth-order valence-corrected chi connectivity index (χ4v) is 3.96. The van der Waals surface area contributed by atoms with Gasteiger partial charge >= 0.3 is 0 Å². The van der Waals surface area contributed by atoms with E-state index in [9.17, 15) is 0 Å². The highest BCUT2D eigenvalue weighted by atomic mass is 32.1. The van der Waals surface area contributed by atoms with Crippen LogP contribution < -0.4 is 10.5 Å². The standard InChI is InChI=1S/C17H22N2OS/c1-5-13-10(2)21-16(19-13)14(18)12-8-6-7-11-9-17(3,4)20-15(11)12/h6-8,14H,5,9,18H2,1-4H3. The summed E-state index contributed by atoms with van der Waals surface area (Å²) in [6.45, 7) is 8.47. The average molecular weight is 302 g/mol. The van der Waals surface area contributed by atoms with Crippen LogP contribution >= 0.6 is 11.3 Å². The number of hydrogen-bond acceptors (Lipinski definition) is 4. The Morgan fingerprint density at radius 2 is 2.19 bits per heavy atom. The average Bonchev–Trinajstić information content (AvgIpc) is 2.95. The smallest absolute Gasteiger partial charge is 0.128 e. The summed E-state index contributed by atoms with van der Waals surface area (Å²) in [4.78, 5) is 5.97. The van der Waals surface area contributed by atoms with Gasteiger partial charge in [0.15, 0.2) is 0 Å². The third kappa shape index (κ3) is 2.58. The van der Waals surface area contributed by atoms with Crippen molar-refractivity contribution < 1.29 is 4.74 Å². The van der Waals surface area contributed by atoms with Crippen molar-refractivity contribution in [1.82, 2.24) is 4.98 Å². The van der Waals surface area contributed by atoms with Gasteiger partial charge in [0, 0.05) is 16.9 Å². The number of benzene rings is 1. The summed E-state index contributed by atoms with van der Waals surface area (Å²) >= 11 is 1.70. The monoisotopic (exact) mass is 302 g/mol. The zero-order valence-electron chi connectivity index (χ0n) is 13.1. The van der Waals surface area contributed by atoms with Crippen molar-refractivity contribution in [1.29, 1.82) is 0 Å². The van der Waals surface area contributed by atoms with Gasteiger partial charge in [-0.05, 0) is 32.8 Å². The summed E-state index contributed by atoms with van der Waals surface area (Å²) in [5.41, 5.74) is 9.79. The molecule has 1 unspecified atom stereocenters. The predicted octanol–water partition coefficient (Wildman–Crippen LogP) is 3.78. The van der Waals surface area contributed by atoms with Gasteiger partial charge in [-0.1, -0.05) is 25.1 Å². The highest BCUT2D eigenvalue weighted by Gasteiger charge is 2.33. The molecule has 2 heterocycles. The van der Waals surface area contributed by atoms with Gasteiger partial charge in [-0.2, -0.15) is 0 Å². The van der Waals surface area contributed by atoms with Crippen molar-refractivity contribution in [3.05, 3.63) is 44.9 Å². The Morgan fingerprint density at radius 1 is 1.43 bits per heavy atom. The summed E-state index contributed by atoms with van der Waals surface area (Å²) < 4.78 is 6.13. The van der Waals surface area contributed by atoms with Gasteiger partial charge in [0.05, 0.1) is 11.7 Å². The lowest BCUT2D eigenvalue weighted by Gasteiger charge is -2.19. The lowest BCUT2D eigenvalue weighted by Crippen LogP contribution is -2.25. The van der Waals surface area contributed by atoms with E-state index in [4.69, 9.17) is 15.5 Å². The summed E-state index contributed by atoms with van der Waals surface area (Å²) in [6, 6.07) is 6.05. The van der Waals surface area contributed by atoms with E-state index in [1.807, 2.05) is 0 Å². The Bertz CT molecular complexity index is 675. The molecule has 21 heavy (non-hydrogen) atoms. The van der Waals surface area contributed by atoms with E-state index >= 15 is 0 Å². The molecule has 3 rings (SSSR count). The molecule has 0 bridgehead atoms. The molecular weight excluding hydrogens is 280 g/mol. The molecule has 0 amide bonds. The fraction of sp³-hybridized carbons (Fsp3) is 0.471. The SMILES string of the molecule is CCc1nc(C(N)c2cccc3c2OC(C)(C)C3)sc1C. The Hall–Kier alpha value is -1.39. The number of para-hydroxylation sites is 1. The molecule has 112 valence electrons. The van der Waals surface area contributed by atoms with E-state index in [1.54, 1.807) is 11.3 Å². The number of hydrogen-bond donors (Lipinski definition) is 1. The summed E-state index contributed by atoms with van der Waals surface area (Å²) in [5.74, 6) is 0.959. The molecule has 0 fully saturated rings. The van der Waals surface area contributed by atoms with E-state index in [2.05, 4.69) is 45.9 Å². The number of ether oxygens (including phenoxy) is 1. The van der Waals surface area contributed by atoms with E-state index in [0.717, 1.165) is 34.9 Å². The Balaban J connectivity index is 2.00. The minimum atomic E-state index is -0.210. The van der Waals surface area contributed by atoms with Crippen LogP contribution in [0.1, 0.15) is 53.5 Å². The first-order chi connectivity index (χ1) is 9.91. The van der Waals surface area contributed by atoms with Crippen LogP contribution in [-0.2, 0) is 12.8 Å². The van der Waals surface area contributed by atoms with Gasteiger partial charge < -0.3 is 10.5 Å². The zero-order chi connectivity index (χ0) is 15.2. The first kappa shape index (κ1) is 14.5. The third-order valence-corrected chi connectivity index (χ3v) is 5.06. The Morgan fingerprint density at radius 3 is 2.86 bits per heavy atom. The minimum Gasteiger partial charge on any atom is -0.487 e. The second-order valence-corrected chi connectivity index (χ2v) is 7.49. The number of thiazole rings is 1. The molecule has 0 saturated carbocycles. The van der Waals surface area contributed by atoms with E-state index in [-0.39, 0.29) is 11.6 Å². The highest BCUT2D eigenvalue weighted by molar-refractivity contribution is 7.11. The molecule has 1 atom stereocenters. The van der Waals surface area contributed by atoms with Gasteiger partial charge in [0.1, 0.15) is 16.4 Å². The molecule has 1 aromatic carbocycles. The molecule has 3 nitrogen and oxygen atoms in total. The van der Waals surface area contributed by atoms with Crippen LogP contribution in [-0.4, -0.2) is 10.6 Å². The van der Waals surface area contributed by atoms with Crippen LogP contribution in [0.3, 0.4) is 0 Å². The second-order valence-electron chi connectivity index (χ2n) is 6.26. The maximum atomic E-state index is 6.48.